The Morgan fingerprint density at radius 2 is 1.69 bits per heavy atom. The van der Waals surface area contributed by atoms with E-state index in [2.05, 4.69) is 65.9 Å². The Bertz CT molecular complexity index is 1240. The number of aryl methyl sites for hydroxylation is 1. The summed E-state index contributed by atoms with van der Waals surface area (Å²) in [6.07, 6.45) is 9.00. The van der Waals surface area contributed by atoms with E-state index in [1.807, 2.05) is 56.0 Å². The maximum atomic E-state index is 11.9. The summed E-state index contributed by atoms with van der Waals surface area (Å²) >= 11 is 0. The number of nitrogens with one attached hydrogen (secondary N) is 2. The summed E-state index contributed by atoms with van der Waals surface area (Å²) < 4.78 is 7.31. The van der Waals surface area contributed by atoms with Crippen molar-refractivity contribution in [2.45, 2.75) is 45.6 Å². The summed E-state index contributed by atoms with van der Waals surface area (Å²) in [4.78, 5) is 28.6. The second-order valence-corrected chi connectivity index (χ2v) is 9.89. The Labute approximate surface area is 230 Å². The van der Waals surface area contributed by atoms with Crippen molar-refractivity contribution >= 4 is 6.09 Å². The van der Waals surface area contributed by atoms with Gasteiger partial charge in [-0.3, -0.25) is 4.90 Å². The molecule has 206 valence electrons. The van der Waals surface area contributed by atoms with Crippen LogP contribution < -0.4 is 5.32 Å². The minimum atomic E-state index is -0.366. The number of hydrogen-bond acceptors (Lipinski definition) is 6. The first kappa shape index (κ1) is 28.1. The van der Waals surface area contributed by atoms with E-state index in [1.165, 1.54) is 11.1 Å². The maximum absolute atomic E-state index is 11.9. The highest BCUT2D eigenvalue weighted by Gasteiger charge is 2.12. The van der Waals surface area contributed by atoms with Crippen LogP contribution in [0.1, 0.15) is 41.2 Å². The van der Waals surface area contributed by atoms with Crippen LogP contribution in [0.2, 0.25) is 0 Å². The van der Waals surface area contributed by atoms with Crippen LogP contribution >= 0.6 is 0 Å². The predicted molar refractivity (Wildman–Crippen MR) is 151 cm³/mol. The minimum absolute atomic E-state index is 0.292. The molecule has 0 aliphatic carbocycles. The second-order valence-electron chi connectivity index (χ2n) is 9.89. The number of benzene rings is 2. The Morgan fingerprint density at radius 1 is 0.923 bits per heavy atom. The molecular weight excluding hydrogens is 490 g/mol. The Balaban J connectivity index is 1.15. The van der Waals surface area contributed by atoms with Crippen molar-refractivity contribution in [3.05, 3.63) is 108 Å². The third kappa shape index (κ3) is 9.70. The molecule has 2 aromatic carbocycles. The molecule has 0 spiro atoms. The molecule has 9 nitrogen and oxygen atoms in total. The summed E-state index contributed by atoms with van der Waals surface area (Å²) in [6, 6.07) is 18.5. The first-order valence-corrected chi connectivity index (χ1v) is 13.4. The van der Waals surface area contributed by atoms with Crippen LogP contribution in [0.5, 0.6) is 0 Å². The zero-order valence-electron chi connectivity index (χ0n) is 22.9. The molecule has 2 aromatic heterocycles. The highest BCUT2D eigenvalue weighted by Crippen LogP contribution is 2.14. The molecule has 0 bridgehead atoms. The van der Waals surface area contributed by atoms with E-state index in [1.54, 1.807) is 6.20 Å². The number of nitrogens with zero attached hydrogens (tertiary/aromatic N) is 5. The zero-order chi connectivity index (χ0) is 27.3. The summed E-state index contributed by atoms with van der Waals surface area (Å²) in [6.45, 7) is 5.03. The summed E-state index contributed by atoms with van der Waals surface area (Å²) in [5.41, 5.74) is 3.52. The van der Waals surface area contributed by atoms with Crippen LogP contribution in [0.3, 0.4) is 0 Å². The minimum Gasteiger partial charge on any atom is -0.445 e. The first-order valence-electron chi connectivity index (χ1n) is 13.4. The monoisotopic (exact) mass is 529 g/mol. The van der Waals surface area contributed by atoms with Crippen molar-refractivity contribution in [1.82, 2.24) is 34.6 Å². The molecule has 0 saturated heterocycles. The molecule has 0 aliphatic rings. The molecule has 0 aliphatic heterocycles. The van der Waals surface area contributed by atoms with E-state index in [4.69, 9.17) is 4.74 Å². The van der Waals surface area contributed by atoms with Gasteiger partial charge in [-0.1, -0.05) is 54.6 Å². The largest absolute Gasteiger partial charge is 0.445 e. The van der Waals surface area contributed by atoms with Gasteiger partial charge in [0.2, 0.25) is 0 Å². The second kappa shape index (κ2) is 14.8. The number of aromatic amines is 1. The number of H-pyrrole nitrogens is 1. The molecular formula is C30H39N7O2. The molecule has 0 saturated carbocycles. The van der Waals surface area contributed by atoms with E-state index in [0.29, 0.717) is 13.2 Å². The molecule has 4 rings (SSSR count). The topological polar surface area (TPSA) is 91.3 Å². The molecule has 0 atom stereocenters. The van der Waals surface area contributed by atoms with Gasteiger partial charge >= 0.3 is 6.09 Å². The van der Waals surface area contributed by atoms with Crippen LogP contribution in [0, 0.1) is 0 Å². The van der Waals surface area contributed by atoms with Gasteiger partial charge in [0.1, 0.15) is 18.3 Å². The van der Waals surface area contributed by atoms with Crippen LogP contribution in [0.4, 0.5) is 4.79 Å². The fourth-order valence-corrected chi connectivity index (χ4v) is 4.38. The lowest BCUT2D eigenvalue weighted by Gasteiger charge is -2.22. The van der Waals surface area contributed by atoms with Crippen molar-refractivity contribution in [3.8, 4) is 0 Å². The average Bonchev–Trinajstić information content (AvgIpc) is 3.60. The normalized spacial score (nSPS) is 11.3. The molecule has 4 aromatic rings. The number of carbonyl (C=O) groups excluding carboxylic acids is 1. The van der Waals surface area contributed by atoms with E-state index in [0.717, 1.165) is 62.8 Å². The number of aromatic nitrogens is 4. The van der Waals surface area contributed by atoms with Gasteiger partial charge in [0.25, 0.3) is 0 Å². The number of unbranched alkanes of at least 4 members (excludes halogenated alkanes) is 1. The molecule has 1 amide bonds. The van der Waals surface area contributed by atoms with Gasteiger partial charge in [-0.05, 0) is 43.1 Å². The average molecular weight is 530 g/mol. The van der Waals surface area contributed by atoms with Crippen molar-refractivity contribution in [3.63, 3.8) is 0 Å². The lowest BCUT2D eigenvalue weighted by Crippen LogP contribution is -2.26. The number of amides is 1. The number of hydrogen-bond donors (Lipinski definition) is 2. The summed E-state index contributed by atoms with van der Waals surface area (Å²) in [5.74, 6) is 1.97. The van der Waals surface area contributed by atoms with Crippen molar-refractivity contribution in [2.24, 2.45) is 7.05 Å². The Hall–Kier alpha value is -3.95. The van der Waals surface area contributed by atoms with Crippen LogP contribution in [-0.4, -0.2) is 55.5 Å². The zero-order valence-corrected chi connectivity index (χ0v) is 22.9. The summed E-state index contributed by atoms with van der Waals surface area (Å²) in [7, 11) is 4.16. The van der Waals surface area contributed by atoms with Crippen LogP contribution in [-0.2, 0) is 44.6 Å². The highest BCUT2D eigenvalue weighted by molar-refractivity contribution is 5.67. The van der Waals surface area contributed by atoms with Crippen molar-refractivity contribution in [2.75, 3.05) is 20.1 Å². The fraction of sp³-hybridized carbons (Fsp3) is 0.367. The number of imidazole rings is 2. The Morgan fingerprint density at radius 3 is 2.38 bits per heavy atom. The SMILES string of the molecule is CN(CCCCNC(=O)OCc1ccccc1)Cc1ccc(CN(Cc2ncc[nH]2)Cc2nccn2C)cc1. The number of carbonyl (C=O) groups is 1. The lowest BCUT2D eigenvalue weighted by atomic mass is 10.1. The standard InChI is InChI=1S/C30H39N7O2/c1-35(18-7-6-14-34-30(38)39-24-27-8-4-3-5-9-27)20-25-10-12-26(13-11-25)21-37(22-28-31-15-16-32-28)23-29-33-17-19-36(29)2/h3-5,8-13,15-17,19H,6-7,14,18,20-24H2,1-2H3,(H,31,32)(H,34,38). The van der Waals surface area contributed by atoms with E-state index in [9.17, 15) is 4.79 Å². The van der Waals surface area contributed by atoms with Gasteiger partial charge in [0.15, 0.2) is 0 Å². The number of alkyl carbamates (subject to hydrolysis) is 1. The predicted octanol–water partition coefficient (Wildman–Crippen LogP) is 4.48. The third-order valence-electron chi connectivity index (χ3n) is 6.54. The van der Waals surface area contributed by atoms with Gasteiger partial charge in [-0.15, -0.1) is 0 Å². The van der Waals surface area contributed by atoms with Crippen LogP contribution in [0.15, 0.2) is 79.4 Å². The molecule has 0 fully saturated rings. The molecule has 2 heterocycles. The van der Waals surface area contributed by atoms with E-state index in [-0.39, 0.29) is 6.09 Å². The molecule has 39 heavy (non-hydrogen) atoms. The summed E-state index contributed by atoms with van der Waals surface area (Å²) in [5, 5.41) is 2.83. The van der Waals surface area contributed by atoms with E-state index < -0.39 is 0 Å². The molecule has 0 unspecified atom stereocenters. The van der Waals surface area contributed by atoms with Gasteiger partial charge in [0, 0.05) is 51.5 Å². The lowest BCUT2D eigenvalue weighted by molar-refractivity contribution is 0.139. The smallest absolute Gasteiger partial charge is 0.407 e. The van der Waals surface area contributed by atoms with Crippen molar-refractivity contribution < 1.29 is 9.53 Å². The number of rotatable bonds is 15. The van der Waals surface area contributed by atoms with Gasteiger partial charge in [0.05, 0.1) is 13.1 Å². The van der Waals surface area contributed by atoms with Gasteiger partial charge < -0.3 is 24.5 Å². The Kier molecular flexibility index (Phi) is 10.7. The van der Waals surface area contributed by atoms with Crippen LogP contribution in [0.25, 0.3) is 0 Å². The fourth-order valence-electron chi connectivity index (χ4n) is 4.38. The van der Waals surface area contributed by atoms with Gasteiger partial charge in [-0.25, -0.2) is 14.8 Å². The van der Waals surface area contributed by atoms with Gasteiger partial charge in [-0.2, -0.15) is 0 Å². The number of ether oxygens (including phenoxy) is 1. The molecule has 9 heteroatoms. The quantitative estimate of drug-likeness (QED) is 0.221. The van der Waals surface area contributed by atoms with Crippen molar-refractivity contribution in [1.29, 1.82) is 0 Å². The highest BCUT2D eigenvalue weighted by atomic mass is 16.5. The maximum Gasteiger partial charge on any atom is 0.407 e. The first-order chi connectivity index (χ1) is 19.0. The molecule has 0 radical (unpaired) electrons. The van der Waals surface area contributed by atoms with E-state index >= 15 is 0 Å². The third-order valence-corrected chi connectivity index (χ3v) is 6.54. The molecule has 2 N–H and O–H groups in total.